The van der Waals surface area contributed by atoms with Gasteiger partial charge >= 0.3 is 0 Å². The van der Waals surface area contributed by atoms with E-state index in [9.17, 15) is 14.0 Å². The molecule has 1 amide bonds. The zero-order valence-electron chi connectivity index (χ0n) is 15.8. The second-order valence-electron chi connectivity index (χ2n) is 8.32. The molecule has 1 aliphatic carbocycles. The zero-order valence-corrected chi connectivity index (χ0v) is 16.6. The number of anilines is 1. The predicted molar refractivity (Wildman–Crippen MR) is 108 cm³/mol. The summed E-state index contributed by atoms with van der Waals surface area (Å²) in [7, 11) is 0. The number of halogens is 2. The minimum Gasteiger partial charge on any atom is -0.294 e. The van der Waals surface area contributed by atoms with Gasteiger partial charge in [0.25, 0.3) is 0 Å². The number of carbonyl (C=O) groups is 2. The maximum atomic E-state index is 13.8. The van der Waals surface area contributed by atoms with E-state index in [1.54, 1.807) is 35.2 Å². The molecule has 0 N–H and O–H groups in total. The standard InChI is InChI=1S/C23H21ClFNO2/c1-23(2)12-19-22(20(27)13-23)18(14-5-3-7-16(25)9-14)11-21(28)26(19)17-8-4-6-15(24)10-17/h3-10,18H,11-13H2,1-2H3. The summed E-state index contributed by atoms with van der Waals surface area (Å²) in [5.74, 6) is -0.869. The fraction of sp³-hybridized carbons (Fsp3) is 0.304. The summed E-state index contributed by atoms with van der Waals surface area (Å²) in [5, 5.41) is 0.529. The van der Waals surface area contributed by atoms with Crippen molar-refractivity contribution in [2.45, 2.75) is 39.0 Å². The molecule has 1 heterocycles. The second-order valence-corrected chi connectivity index (χ2v) is 8.76. The van der Waals surface area contributed by atoms with E-state index in [1.807, 2.05) is 19.9 Å². The van der Waals surface area contributed by atoms with Crippen LogP contribution in [0.2, 0.25) is 5.02 Å². The summed E-state index contributed by atoms with van der Waals surface area (Å²) in [6.45, 7) is 4.06. The average Bonchev–Trinajstić information content (AvgIpc) is 2.59. The molecule has 0 bridgehead atoms. The van der Waals surface area contributed by atoms with Crippen LogP contribution in [0.15, 0.2) is 59.8 Å². The second kappa shape index (κ2) is 6.85. The molecule has 2 aromatic rings. The van der Waals surface area contributed by atoms with Gasteiger partial charge in [0.1, 0.15) is 5.82 Å². The lowest BCUT2D eigenvalue weighted by atomic mass is 9.69. The van der Waals surface area contributed by atoms with Crippen molar-refractivity contribution in [1.29, 1.82) is 0 Å². The van der Waals surface area contributed by atoms with Gasteiger partial charge in [-0.3, -0.25) is 14.5 Å². The first-order valence-electron chi connectivity index (χ1n) is 9.35. The number of ketones is 1. The van der Waals surface area contributed by atoms with Gasteiger partial charge in [0.15, 0.2) is 5.78 Å². The molecule has 144 valence electrons. The molecule has 0 aromatic heterocycles. The maximum Gasteiger partial charge on any atom is 0.232 e. The molecular weight excluding hydrogens is 377 g/mol. The first kappa shape index (κ1) is 18.9. The average molecular weight is 398 g/mol. The highest BCUT2D eigenvalue weighted by molar-refractivity contribution is 6.31. The molecule has 0 radical (unpaired) electrons. The van der Waals surface area contributed by atoms with Crippen molar-refractivity contribution >= 4 is 29.0 Å². The number of amides is 1. The number of nitrogens with zero attached hydrogens (tertiary/aromatic N) is 1. The summed E-state index contributed by atoms with van der Waals surface area (Å²) in [6, 6.07) is 13.3. The number of rotatable bonds is 2. The van der Waals surface area contributed by atoms with Crippen molar-refractivity contribution in [3.8, 4) is 0 Å². The molecule has 28 heavy (non-hydrogen) atoms. The van der Waals surface area contributed by atoms with Gasteiger partial charge in [-0.2, -0.15) is 0 Å². The van der Waals surface area contributed by atoms with Crippen molar-refractivity contribution in [3.63, 3.8) is 0 Å². The summed E-state index contributed by atoms with van der Waals surface area (Å²) < 4.78 is 13.8. The summed E-state index contributed by atoms with van der Waals surface area (Å²) >= 11 is 6.15. The lowest BCUT2D eigenvalue weighted by molar-refractivity contribution is -0.121. The highest BCUT2D eigenvalue weighted by atomic mass is 35.5. The Bertz CT molecular complexity index is 1010. The van der Waals surface area contributed by atoms with E-state index in [-0.39, 0.29) is 29.3 Å². The van der Waals surface area contributed by atoms with Crippen LogP contribution in [0.5, 0.6) is 0 Å². The molecule has 0 saturated heterocycles. The van der Waals surface area contributed by atoms with Gasteiger partial charge in [0, 0.05) is 35.1 Å². The van der Waals surface area contributed by atoms with Gasteiger partial charge in [-0.15, -0.1) is 0 Å². The number of allylic oxidation sites excluding steroid dienone is 2. The first-order valence-corrected chi connectivity index (χ1v) is 9.73. The van der Waals surface area contributed by atoms with E-state index in [4.69, 9.17) is 11.6 Å². The highest BCUT2D eigenvalue weighted by Crippen LogP contribution is 2.48. The summed E-state index contributed by atoms with van der Waals surface area (Å²) in [6.07, 6.45) is 1.13. The Morgan fingerprint density at radius 1 is 1.07 bits per heavy atom. The van der Waals surface area contributed by atoms with E-state index >= 15 is 0 Å². The Morgan fingerprint density at radius 3 is 2.54 bits per heavy atom. The molecule has 2 aromatic carbocycles. The Hall–Kier alpha value is -2.46. The Labute approximate surface area is 168 Å². The van der Waals surface area contributed by atoms with Crippen LogP contribution < -0.4 is 4.90 Å². The molecule has 0 saturated carbocycles. The topological polar surface area (TPSA) is 37.4 Å². The maximum absolute atomic E-state index is 13.8. The summed E-state index contributed by atoms with van der Waals surface area (Å²) in [5.41, 5.74) is 2.42. The smallest absolute Gasteiger partial charge is 0.232 e. The van der Waals surface area contributed by atoms with Crippen LogP contribution in [-0.2, 0) is 9.59 Å². The van der Waals surface area contributed by atoms with E-state index in [0.29, 0.717) is 40.4 Å². The highest BCUT2D eigenvalue weighted by Gasteiger charge is 2.44. The van der Waals surface area contributed by atoms with Gasteiger partial charge in [-0.25, -0.2) is 4.39 Å². The van der Waals surface area contributed by atoms with Gasteiger partial charge in [0.05, 0.1) is 5.69 Å². The largest absolute Gasteiger partial charge is 0.294 e. The molecule has 1 aliphatic heterocycles. The van der Waals surface area contributed by atoms with E-state index in [1.165, 1.54) is 12.1 Å². The van der Waals surface area contributed by atoms with E-state index < -0.39 is 5.92 Å². The SMILES string of the molecule is CC1(C)CC(=O)C2=C(C1)N(c1cccc(Cl)c1)C(=O)CC2c1cccc(F)c1. The van der Waals surface area contributed by atoms with Crippen molar-refractivity contribution in [3.05, 3.63) is 76.2 Å². The van der Waals surface area contributed by atoms with E-state index in [2.05, 4.69) is 0 Å². The minimum atomic E-state index is -0.419. The Morgan fingerprint density at radius 2 is 1.82 bits per heavy atom. The number of hydrogen-bond donors (Lipinski definition) is 0. The molecule has 2 aliphatic rings. The zero-order chi connectivity index (χ0) is 20.1. The Balaban J connectivity index is 1.91. The third kappa shape index (κ3) is 3.37. The van der Waals surface area contributed by atoms with Crippen molar-refractivity contribution in [2.75, 3.05) is 4.90 Å². The van der Waals surface area contributed by atoms with Crippen LogP contribution in [0, 0.1) is 11.2 Å². The quantitative estimate of drug-likeness (QED) is 0.657. The number of carbonyl (C=O) groups excluding carboxylic acids is 2. The molecule has 4 rings (SSSR count). The minimum absolute atomic E-state index is 0.0278. The van der Waals surface area contributed by atoms with Crippen molar-refractivity contribution < 1.29 is 14.0 Å². The molecule has 3 nitrogen and oxygen atoms in total. The fourth-order valence-corrected chi connectivity index (χ4v) is 4.52. The molecule has 1 atom stereocenters. The van der Waals surface area contributed by atoms with Crippen LogP contribution in [-0.4, -0.2) is 11.7 Å². The molecule has 0 fully saturated rings. The predicted octanol–water partition coefficient (Wildman–Crippen LogP) is 5.64. The number of hydrogen-bond acceptors (Lipinski definition) is 2. The van der Waals surface area contributed by atoms with Gasteiger partial charge in [-0.05, 0) is 47.7 Å². The molecular formula is C23H21ClFNO2. The van der Waals surface area contributed by atoms with Crippen molar-refractivity contribution in [2.24, 2.45) is 5.41 Å². The third-order valence-corrected chi connectivity index (χ3v) is 5.70. The monoisotopic (exact) mass is 397 g/mol. The summed E-state index contributed by atoms with van der Waals surface area (Å²) in [4.78, 5) is 28.0. The normalized spacial score (nSPS) is 21.7. The first-order chi connectivity index (χ1) is 13.2. The number of Topliss-reactive ketones (excluding diaryl/α,β-unsaturated/α-hetero) is 1. The third-order valence-electron chi connectivity index (χ3n) is 5.46. The van der Waals surface area contributed by atoms with Crippen LogP contribution >= 0.6 is 11.6 Å². The lowest BCUT2D eigenvalue weighted by Crippen LogP contribution is -2.43. The Kier molecular flexibility index (Phi) is 4.62. The molecule has 5 heteroatoms. The number of benzene rings is 2. The van der Waals surface area contributed by atoms with Gasteiger partial charge in [0.2, 0.25) is 5.91 Å². The van der Waals surface area contributed by atoms with Gasteiger partial charge in [-0.1, -0.05) is 43.6 Å². The van der Waals surface area contributed by atoms with Crippen LogP contribution in [0.25, 0.3) is 0 Å². The van der Waals surface area contributed by atoms with Crippen LogP contribution in [0.1, 0.15) is 44.6 Å². The van der Waals surface area contributed by atoms with Crippen molar-refractivity contribution in [1.82, 2.24) is 0 Å². The van der Waals surface area contributed by atoms with Crippen LogP contribution in [0.3, 0.4) is 0 Å². The lowest BCUT2D eigenvalue weighted by Gasteiger charge is -2.43. The van der Waals surface area contributed by atoms with Crippen LogP contribution in [0.4, 0.5) is 10.1 Å². The van der Waals surface area contributed by atoms with E-state index in [0.717, 1.165) is 0 Å². The molecule has 1 unspecified atom stereocenters. The fourth-order valence-electron chi connectivity index (χ4n) is 4.34. The molecule has 0 spiro atoms. The van der Waals surface area contributed by atoms with Gasteiger partial charge < -0.3 is 0 Å².